The van der Waals surface area contributed by atoms with Gasteiger partial charge in [-0.15, -0.1) is 0 Å². The standard InChI is InChI=1S/C14H15NO4/c1-8(14(18)19)7-9(2)15-12(16)10-5-3-4-6-11(10)13(15)17/h3-6,9,16-17H,1,7H2,2H3,(H,18,19). The number of hydrogen-bond donors (Lipinski definition) is 3. The molecule has 3 N–H and O–H groups in total. The minimum absolute atomic E-state index is 0.0315. The monoisotopic (exact) mass is 261 g/mol. The molecule has 0 aliphatic rings. The molecule has 5 heteroatoms. The number of carbonyl (C=O) groups is 1. The van der Waals surface area contributed by atoms with Gasteiger partial charge in [0, 0.05) is 22.4 Å². The zero-order valence-corrected chi connectivity index (χ0v) is 10.5. The van der Waals surface area contributed by atoms with Crippen molar-refractivity contribution >= 4 is 16.7 Å². The lowest BCUT2D eigenvalue weighted by atomic mass is 10.1. The molecule has 0 bridgehead atoms. The molecule has 0 fully saturated rings. The first kappa shape index (κ1) is 13.0. The molecular weight excluding hydrogens is 246 g/mol. The van der Waals surface area contributed by atoms with Crippen molar-refractivity contribution in [2.45, 2.75) is 19.4 Å². The van der Waals surface area contributed by atoms with Crippen molar-refractivity contribution in [1.29, 1.82) is 0 Å². The quantitative estimate of drug-likeness (QED) is 0.739. The van der Waals surface area contributed by atoms with Crippen molar-refractivity contribution in [1.82, 2.24) is 4.57 Å². The summed E-state index contributed by atoms with van der Waals surface area (Å²) in [6.07, 6.45) is 0.136. The van der Waals surface area contributed by atoms with Gasteiger partial charge in [0.15, 0.2) is 0 Å². The topological polar surface area (TPSA) is 82.7 Å². The van der Waals surface area contributed by atoms with Crippen molar-refractivity contribution in [2.75, 3.05) is 0 Å². The van der Waals surface area contributed by atoms with Crippen molar-refractivity contribution < 1.29 is 20.1 Å². The van der Waals surface area contributed by atoms with Gasteiger partial charge in [-0.2, -0.15) is 0 Å². The van der Waals surface area contributed by atoms with Gasteiger partial charge in [0.25, 0.3) is 0 Å². The number of carboxylic acids is 1. The molecule has 1 aromatic heterocycles. The molecule has 0 saturated heterocycles. The van der Waals surface area contributed by atoms with Crippen LogP contribution in [0.3, 0.4) is 0 Å². The molecule has 0 aliphatic carbocycles. The highest BCUT2D eigenvalue weighted by atomic mass is 16.4. The third-order valence-corrected chi connectivity index (χ3v) is 3.15. The van der Waals surface area contributed by atoms with Gasteiger partial charge < -0.3 is 15.3 Å². The maximum absolute atomic E-state index is 10.8. The van der Waals surface area contributed by atoms with E-state index in [1.165, 1.54) is 4.57 Å². The van der Waals surface area contributed by atoms with Gasteiger partial charge in [-0.1, -0.05) is 18.7 Å². The third-order valence-electron chi connectivity index (χ3n) is 3.15. The number of benzene rings is 1. The first-order chi connectivity index (χ1) is 8.93. The maximum Gasteiger partial charge on any atom is 0.331 e. The first-order valence-corrected chi connectivity index (χ1v) is 5.85. The van der Waals surface area contributed by atoms with E-state index >= 15 is 0 Å². The number of fused-ring (bicyclic) bond motifs is 1. The molecule has 19 heavy (non-hydrogen) atoms. The van der Waals surface area contributed by atoms with E-state index in [1.807, 2.05) is 0 Å². The highest BCUT2D eigenvalue weighted by Gasteiger charge is 2.21. The molecule has 5 nitrogen and oxygen atoms in total. The zero-order chi connectivity index (χ0) is 14.2. The summed E-state index contributed by atoms with van der Waals surface area (Å²) in [6, 6.07) is 6.49. The summed E-state index contributed by atoms with van der Waals surface area (Å²) in [5, 5.41) is 30.1. The normalized spacial score (nSPS) is 12.5. The Kier molecular flexibility index (Phi) is 3.21. The average Bonchev–Trinajstić information content (AvgIpc) is 2.62. The second-order valence-electron chi connectivity index (χ2n) is 4.52. The molecule has 0 amide bonds. The van der Waals surface area contributed by atoms with Crippen molar-refractivity contribution in [2.24, 2.45) is 0 Å². The van der Waals surface area contributed by atoms with Crippen LogP contribution in [0.1, 0.15) is 19.4 Å². The van der Waals surface area contributed by atoms with Gasteiger partial charge in [-0.25, -0.2) is 4.79 Å². The fourth-order valence-electron chi connectivity index (χ4n) is 2.19. The van der Waals surface area contributed by atoms with Gasteiger partial charge in [0.2, 0.25) is 11.8 Å². The van der Waals surface area contributed by atoms with Crippen LogP contribution >= 0.6 is 0 Å². The van der Waals surface area contributed by atoms with E-state index in [2.05, 4.69) is 6.58 Å². The van der Waals surface area contributed by atoms with Crippen LogP contribution in [0, 0.1) is 0 Å². The van der Waals surface area contributed by atoms with E-state index in [-0.39, 0.29) is 23.8 Å². The van der Waals surface area contributed by atoms with E-state index in [0.717, 1.165) is 0 Å². The second kappa shape index (κ2) is 4.68. The lowest BCUT2D eigenvalue weighted by molar-refractivity contribution is -0.132. The molecule has 1 unspecified atom stereocenters. The average molecular weight is 261 g/mol. The Morgan fingerprint density at radius 1 is 1.26 bits per heavy atom. The van der Waals surface area contributed by atoms with Gasteiger partial charge in [0.1, 0.15) is 0 Å². The van der Waals surface area contributed by atoms with Crippen molar-refractivity contribution in [3.05, 3.63) is 36.4 Å². The predicted octanol–water partition coefficient (Wildman–Crippen LogP) is 2.64. The van der Waals surface area contributed by atoms with Gasteiger partial charge in [0.05, 0.1) is 0 Å². The smallest absolute Gasteiger partial charge is 0.331 e. The number of aromatic hydroxyl groups is 2. The molecule has 0 aliphatic heterocycles. The fourth-order valence-corrected chi connectivity index (χ4v) is 2.19. The highest BCUT2D eigenvalue weighted by molar-refractivity contribution is 5.93. The molecule has 0 saturated carbocycles. The Morgan fingerprint density at radius 2 is 1.74 bits per heavy atom. The Bertz CT molecular complexity index is 618. The number of nitrogens with zero attached hydrogens (tertiary/aromatic N) is 1. The first-order valence-electron chi connectivity index (χ1n) is 5.85. The van der Waals surface area contributed by atoms with Crippen LogP contribution in [0.5, 0.6) is 11.8 Å². The summed E-state index contributed by atoms with van der Waals surface area (Å²) < 4.78 is 1.32. The van der Waals surface area contributed by atoms with Gasteiger partial charge in [-0.05, 0) is 25.5 Å². The molecule has 2 aromatic rings. The summed E-state index contributed by atoms with van der Waals surface area (Å²) >= 11 is 0. The molecule has 0 radical (unpaired) electrons. The number of hydrogen-bond acceptors (Lipinski definition) is 3. The number of rotatable bonds is 4. The minimum Gasteiger partial charge on any atom is -0.494 e. The third kappa shape index (κ3) is 2.14. The van der Waals surface area contributed by atoms with Crippen LogP contribution in [0.25, 0.3) is 10.8 Å². The number of aliphatic carboxylic acids is 1. The summed E-state index contributed by atoms with van der Waals surface area (Å²) in [6.45, 7) is 5.17. The molecule has 1 aromatic carbocycles. The SMILES string of the molecule is C=C(CC(C)n1c(O)c2ccccc2c1O)C(=O)O. The van der Waals surface area contributed by atoms with Crippen LogP contribution in [0.15, 0.2) is 36.4 Å². The lowest BCUT2D eigenvalue weighted by Crippen LogP contribution is -2.09. The highest BCUT2D eigenvalue weighted by Crippen LogP contribution is 2.39. The zero-order valence-electron chi connectivity index (χ0n) is 10.5. The Morgan fingerprint density at radius 3 is 2.16 bits per heavy atom. The lowest BCUT2D eigenvalue weighted by Gasteiger charge is -2.15. The van der Waals surface area contributed by atoms with Gasteiger partial charge in [-0.3, -0.25) is 4.57 Å². The fraction of sp³-hybridized carbons (Fsp3) is 0.214. The van der Waals surface area contributed by atoms with Crippen LogP contribution < -0.4 is 0 Å². The predicted molar refractivity (Wildman–Crippen MR) is 71.4 cm³/mol. The van der Waals surface area contributed by atoms with Crippen molar-refractivity contribution in [3.63, 3.8) is 0 Å². The van der Waals surface area contributed by atoms with Crippen LogP contribution in [-0.2, 0) is 4.79 Å². The number of aromatic nitrogens is 1. The summed E-state index contributed by atoms with van der Waals surface area (Å²) in [5.74, 6) is -1.22. The Balaban J connectivity index is 2.45. The van der Waals surface area contributed by atoms with Gasteiger partial charge >= 0.3 is 5.97 Å². The van der Waals surface area contributed by atoms with Crippen molar-refractivity contribution in [3.8, 4) is 11.8 Å². The molecule has 2 rings (SSSR count). The van der Waals surface area contributed by atoms with E-state index in [9.17, 15) is 15.0 Å². The number of carboxylic acid groups (broad SMARTS) is 1. The molecule has 100 valence electrons. The molecule has 1 atom stereocenters. The van der Waals surface area contributed by atoms with E-state index < -0.39 is 12.0 Å². The molecule has 1 heterocycles. The van der Waals surface area contributed by atoms with Crippen LogP contribution in [0.2, 0.25) is 0 Å². The van der Waals surface area contributed by atoms with E-state index in [1.54, 1.807) is 31.2 Å². The van der Waals surface area contributed by atoms with Crippen LogP contribution in [-0.4, -0.2) is 25.9 Å². The van der Waals surface area contributed by atoms with E-state index in [0.29, 0.717) is 10.8 Å². The Hall–Kier alpha value is -2.43. The largest absolute Gasteiger partial charge is 0.494 e. The maximum atomic E-state index is 10.8. The summed E-state index contributed by atoms with van der Waals surface area (Å²) in [4.78, 5) is 10.8. The summed E-state index contributed by atoms with van der Waals surface area (Å²) in [7, 11) is 0. The minimum atomic E-state index is -1.08. The second-order valence-corrected chi connectivity index (χ2v) is 4.52. The summed E-state index contributed by atoms with van der Waals surface area (Å²) in [5.41, 5.74) is 0.0315. The molecule has 0 spiro atoms. The molecular formula is C14H15NO4. The van der Waals surface area contributed by atoms with Crippen LogP contribution in [0.4, 0.5) is 0 Å². The Labute approximate surface area is 110 Å². The van der Waals surface area contributed by atoms with E-state index in [4.69, 9.17) is 5.11 Å².